The van der Waals surface area contributed by atoms with Crippen LogP contribution in [-0.4, -0.2) is 4.98 Å². The lowest BCUT2D eigenvalue weighted by atomic mass is 9.93. The molecular weight excluding hydrogens is 393 g/mol. The smallest absolute Gasteiger partial charge is 0.123 e. The minimum atomic E-state index is -0.225. The lowest BCUT2D eigenvalue weighted by Gasteiger charge is -2.12. The number of hydrogen-bond acceptors (Lipinski definition) is 1. The first-order valence-corrected chi connectivity index (χ1v) is 10.7. The van der Waals surface area contributed by atoms with Crippen molar-refractivity contribution >= 4 is 32.3 Å². The number of fused-ring (bicyclic) bond motifs is 5. The van der Waals surface area contributed by atoms with E-state index in [1.54, 1.807) is 0 Å². The molecule has 5 aromatic carbocycles. The fourth-order valence-electron chi connectivity index (χ4n) is 4.71. The van der Waals surface area contributed by atoms with E-state index in [1.165, 1.54) is 39.1 Å². The van der Waals surface area contributed by atoms with Gasteiger partial charge in [-0.15, -0.1) is 0 Å². The van der Waals surface area contributed by atoms with Crippen molar-refractivity contribution in [2.45, 2.75) is 6.92 Å². The van der Waals surface area contributed by atoms with E-state index in [9.17, 15) is 4.39 Å². The second-order valence-electron chi connectivity index (χ2n) is 8.30. The number of pyridine rings is 1. The largest absolute Gasteiger partial charge is 0.256 e. The summed E-state index contributed by atoms with van der Waals surface area (Å²) in [4.78, 5) is 4.78. The molecule has 6 rings (SSSR count). The van der Waals surface area contributed by atoms with Gasteiger partial charge in [0, 0.05) is 17.1 Å². The van der Waals surface area contributed by atoms with E-state index in [0.29, 0.717) is 0 Å². The average Bonchev–Trinajstić information content (AvgIpc) is 2.83. The van der Waals surface area contributed by atoms with Gasteiger partial charge in [-0.25, -0.2) is 4.39 Å². The summed E-state index contributed by atoms with van der Waals surface area (Å²) in [6, 6.07) is 32.5. The van der Waals surface area contributed by atoms with E-state index >= 15 is 0 Å². The molecule has 0 saturated heterocycles. The summed E-state index contributed by atoms with van der Waals surface area (Å²) in [5, 5.41) is 7.32. The van der Waals surface area contributed by atoms with E-state index in [0.717, 1.165) is 33.3 Å². The fraction of sp³-hybridized carbons (Fsp3) is 0.0333. The topological polar surface area (TPSA) is 12.9 Å². The maximum absolute atomic E-state index is 13.4. The van der Waals surface area contributed by atoms with Gasteiger partial charge in [-0.2, -0.15) is 0 Å². The van der Waals surface area contributed by atoms with Crippen molar-refractivity contribution in [2.75, 3.05) is 0 Å². The van der Waals surface area contributed by atoms with Crippen LogP contribution >= 0.6 is 0 Å². The number of rotatable bonds is 2. The predicted molar refractivity (Wildman–Crippen MR) is 132 cm³/mol. The van der Waals surface area contributed by atoms with Crippen molar-refractivity contribution < 1.29 is 4.39 Å². The van der Waals surface area contributed by atoms with Gasteiger partial charge in [0.1, 0.15) is 5.82 Å². The van der Waals surface area contributed by atoms with Crippen LogP contribution in [0.2, 0.25) is 0 Å². The van der Waals surface area contributed by atoms with Gasteiger partial charge in [-0.1, -0.05) is 66.7 Å². The highest BCUT2D eigenvalue weighted by atomic mass is 19.1. The summed E-state index contributed by atoms with van der Waals surface area (Å²) in [7, 11) is 0. The minimum Gasteiger partial charge on any atom is -0.256 e. The second kappa shape index (κ2) is 7.28. The quantitative estimate of drug-likeness (QED) is 0.260. The second-order valence-corrected chi connectivity index (χ2v) is 8.30. The molecular formula is C30H20FN. The summed E-state index contributed by atoms with van der Waals surface area (Å²) in [5.74, 6) is -0.225. The van der Waals surface area contributed by atoms with Crippen LogP contribution in [0, 0.1) is 12.7 Å². The van der Waals surface area contributed by atoms with E-state index in [2.05, 4.69) is 79.7 Å². The highest BCUT2D eigenvalue weighted by molar-refractivity contribution is 6.18. The Hall–Kier alpha value is -4.04. The molecule has 0 unspecified atom stereocenters. The minimum absolute atomic E-state index is 0.225. The molecule has 1 nitrogen and oxygen atoms in total. The van der Waals surface area contributed by atoms with Gasteiger partial charge in [-0.05, 0) is 80.9 Å². The third-order valence-corrected chi connectivity index (χ3v) is 6.20. The first-order valence-electron chi connectivity index (χ1n) is 10.7. The van der Waals surface area contributed by atoms with Crippen LogP contribution < -0.4 is 0 Å². The lowest BCUT2D eigenvalue weighted by Crippen LogP contribution is -1.90. The summed E-state index contributed by atoms with van der Waals surface area (Å²) < 4.78 is 13.4. The van der Waals surface area contributed by atoms with Crippen LogP contribution in [0.3, 0.4) is 0 Å². The van der Waals surface area contributed by atoms with Crippen LogP contribution in [-0.2, 0) is 0 Å². The van der Waals surface area contributed by atoms with Crippen LogP contribution in [0.5, 0.6) is 0 Å². The molecule has 1 heterocycles. The highest BCUT2D eigenvalue weighted by Gasteiger charge is 2.11. The number of aromatic nitrogens is 1. The van der Waals surface area contributed by atoms with Crippen LogP contribution in [0.15, 0.2) is 103 Å². The molecule has 0 N–H and O–H groups in total. The molecule has 0 amide bonds. The maximum atomic E-state index is 13.4. The van der Waals surface area contributed by atoms with Gasteiger partial charge < -0.3 is 0 Å². The molecule has 0 aliphatic rings. The predicted octanol–water partition coefficient (Wildman–Crippen LogP) is 8.32. The Morgan fingerprint density at radius 1 is 0.562 bits per heavy atom. The molecule has 0 spiro atoms. The Morgan fingerprint density at radius 3 is 2.12 bits per heavy atom. The van der Waals surface area contributed by atoms with E-state index in [4.69, 9.17) is 4.98 Å². The molecule has 152 valence electrons. The Labute approximate surface area is 185 Å². The van der Waals surface area contributed by atoms with Gasteiger partial charge in [0.25, 0.3) is 0 Å². The van der Waals surface area contributed by atoms with Crippen molar-refractivity contribution in [1.29, 1.82) is 0 Å². The zero-order valence-corrected chi connectivity index (χ0v) is 17.6. The molecule has 2 heteroatoms. The molecule has 0 atom stereocenters. The van der Waals surface area contributed by atoms with Gasteiger partial charge in [0.15, 0.2) is 0 Å². The zero-order chi connectivity index (χ0) is 21.7. The summed E-state index contributed by atoms with van der Waals surface area (Å²) in [6.07, 6.45) is 1.90. The van der Waals surface area contributed by atoms with Crippen molar-refractivity contribution in [3.8, 4) is 22.4 Å². The van der Waals surface area contributed by atoms with Crippen molar-refractivity contribution in [1.82, 2.24) is 4.98 Å². The van der Waals surface area contributed by atoms with Gasteiger partial charge in [0.2, 0.25) is 0 Å². The molecule has 0 aliphatic carbocycles. The van der Waals surface area contributed by atoms with Crippen LogP contribution in [0.25, 0.3) is 54.7 Å². The highest BCUT2D eigenvalue weighted by Crippen LogP contribution is 2.36. The Kier molecular flexibility index (Phi) is 4.26. The number of benzene rings is 5. The third kappa shape index (κ3) is 3.04. The fourth-order valence-corrected chi connectivity index (χ4v) is 4.71. The van der Waals surface area contributed by atoms with E-state index < -0.39 is 0 Å². The SMILES string of the molecule is Cc1cc(-c2ccc(F)cc2)cc(-c2nccc3c2ccc2c4ccccc4ccc32)c1. The van der Waals surface area contributed by atoms with Crippen LogP contribution in [0.4, 0.5) is 4.39 Å². The molecule has 0 radical (unpaired) electrons. The summed E-state index contributed by atoms with van der Waals surface area (Å²) in [5.41, 5.74) is 5.23. The summed E-state index contributed by atoms with van der Waals surface area (Å²) >= 11 is 0. The maximum Gasteiger partial charge on any atom is 0.123 e. The molecule has 1 aromatic heterocycles. The first kappa shape index (κ1) is 18.7. The Balaban J connectivity index is 1.59. The lowest BCUT2D eigenvalue weighted by molar-refractivity contribution is 0.628. The monoisotopic (exact) mass is 413 g/mol. The Bertz CT molecular complexity index is 1630. The standard InChI is InChI=1S/C30H20FN/c1-19-16-22(20-6-9-24(31)10-7-20)18-23(17-19)30-29-13-12-26-25-5-3-2-4-21(25)8-11-27(26)28(29)14-15-32-30/h2-18H,1H3. The van der Waals surface area contributed by atoms with Gasteiger partial charge >= 0.3 is 0 Å². The molecule has 6 aromatic rings. The van der Waals surface area contributed by atoms with Gasteiger partial charge in [-0.3, -0.25) is 4.98 Å². The zero-order valence-electron chi connectivity index (χ0n) is 17.6. The van der Waals surface area contributed by atoms with Crippen molar-refractivity contribution in [3.63, 3.8) is 0 Å². The normalized spacial score (nSPS) is 11.4. The Morgan fingerprint density at radius 2 is 1.25 bits per heavy atom. The third-order valence-electron chi connectivity index (χ3n) is 6.20. The van der Waals surface area contributed by atoms with Crippen molar-refractivity contribution in [3.05, 3.63) is 115 Å². The van der Waals surface area contributed by atoms with E-state index in [-0.39, 0.29) is 5.82 Å². The molecule has 0 aliphatic heterocycles. The number of aryl methyl sites for hydroxylation is 1. The number of halogens is 1. The van der Waals surface area contributed by atoms with E-state index in [1.807, 2.05) is 18.3 Å². The summed E-state index contributed by atoms with van der Waals surface area (Å²) in [6.45, 7) is 2.09. The first-order chi connectivity index (χ1) is 15.7. The molecule has 0 fully saturated rings. The number of hydrogen-bond donors (Lipinski definition) is 0. The molecule has 0 saturated carbocycles. The van der Waals surface area contributed by atoms with Gasteiger partial charge in [0.05, 0.1) is 5.69 Å². The van der Waals surface area contributed by atoms with Crippen LogP contribution in [0.1, 0.15) is 5.56 Å². The number of nitrogens with zero attached hydrogens (tertiary/aromatic N) is 1. The van der Waals surface area contributed by atoms with Crippen molar-refractivity contribution in [2.24, 2.45) is 0 Å². The molecule has 0 bridgehead atoms. The average molecular weight is 413 g/mol. The molecule has 32 heavy (non-hydrogen) atoms.